The molecule has 0 saturated carbocycles. The largest absolute Gasteiger partial charge is 0.573 e. The number of benzene rings is 1. The molecule has 4 rings (SSSR count). The standard InChI is InChI=1S/C23H24F9N3O4/c24-21(25,26)19(22(27,28)29)38-20(37)35-11-14-9-33(10-15(14)12-35)8-13-3-4-16(17(7-13)39-23(30,31)32)18(36)34-5-1-2-6-34/h3-4,7,14-15,19H,1-2,5-6,8-12H2. The molecular weight excluding hydrogens is 553 g/mol. The van der Waals surface area contributed by atoms with Crippen molar-refractivity contribution in [3.8, 4) is 5.75 Å². The third-order valence-electron chi connectivity index (χ3n) is 6.93. The summed E-state index contributed by atoms with van der Waals surface area (Å²) in [6.07, 6.45) is -21.1. The highest BCUT2D eigenvalue weighted by Gasteiger charge is 2.60. The Morgan fingerprint density at radius 1 is 0.846 bits per heavy atom. The molecule has 2 atom stereocenters. The van der Waals surface area contributed by atoms with Crippen LogP contribution in [0.5, 0.6) is 5.75 Å². The Hall–Kier alpha value is -2.91. The van der Waals surface area contributed by atoms with Crippen LogP contribution in [0.2, 0.25) is 0 Å². The molecule has 39 heavy (non-hydrogen) atoms. The van der Waals surface area contributed by atoms with E-state index in [0.29, 0.717) is 31.7 Å². The first-order valence-corrected chi connectivity index (χ1v) is 12.0. The SMILES string of the molecule is O=C(OC(C(F)(F)F)C(F)(F)F)N1CC2CN(Cc3ccc(C(=O)N4CCCC4)c(OC(F)(F)F)c3)CC2C1. The number of rotatable bonds is 5. The number of fused-ring (bicyclic) bond motifs is 1. The fourth-order valence-electron chi connectivity index (χ4n) is 5.26. The summed E-state index contributed by atoms with van der Waals surface area (Å²) < 4.78 is 123. The van der Waals surface area contributed by atoms with Crippen LogP contribution in [-0.4, -0.2) is 90.8 Å². The van der Waals surface area contributed by atoms with Crippen molar-refractivity contribution in [2.24, 2.45) is 11.8 Å². The van der Waals surface area contributed by atoms with Crippen LogP contribution in [-0.2, 0) is 11.3 Å². The molecule has 0 N–H and O–H groups in total. The summed E-state index contributed by atoms with van der Waals surface area (Å²) in [5.41, 5.74) is 0.183. The Kier molecular flexibility index (Phi) is 7.89. The molecule has 1 aromatic carbocycles. The molecule has 16 heteroatoms. The second kappa shape index (κ2) is 10.6. The average molecular weight is 577 g/mol. The Balaban J connectivity index is 1.38. The summed E-state index contributed by atoms with van der Waals surface area (Å²) in [4.78, 5) is 28.8. The monoisotopic (exact) mass is 577 g/mol. The lowest BCUT2D eigenvalue weighted by molar-refractivity contribution is -0.308. The molecule has 7 nitrogen and oxygen atoms in total. The average Bonchev–Trinajstić information content (AvgIpc) is 3.51. The summed E-state index contributed by atoms with van der Waals surface area (Å²) in [5.74, 6) is -1.77. The third-order valence-corrected chi connectivity index (χ3v) is 6.93. The summed E-state index contributed by atoms with van der Waals surface area (Å²) in [7, 11) is 0. The summed E-state index contributed by atoms with van der Waals surface area (Å²) in [6.45, 7) is 1.33. The summed E-state index contributed by atoms with van der Waals surface area (Å²) in [6, 6.07) is 3.89. The first kappa shape index (κ1) is 29.1. The molecule has 0 bridgehead atoms. The van der Waals surface area contributed by atoms with Crippen LogP contribution in [0, 0.1) is 11.8 Å². The van der Waals surface area contributed by atoms with E-state index >= 15 is 0 Å². The van der Waals surface area contributed by atoms with Crippen molar-refractivity contribution >= 4 is 12.0 Å². The van der Waals surface area contributed by atoms with Crippen molar-refractivity contribution in [1.29, 1.82) is 0 Å². The highest BCUT2D eigenvalue weighted by Crippen LogP contribution is 2.38. The molecule has 3 aliphatic rings. The maximum Gasteiger partial charge on any atom is 0.573 e. The fourth-order valence-corrected chi connectivity index (χ4v) is 5.26. The highest BCUT2D eigenvalue weighted by molar-refractivity contribution is 5.97. The molecule has 3 aliphatic heterocycles. The van der Waals surface area contributed by atoms with Gasteiger partial charge < -0.3 is 19.3 Å². The van der Waals surface area contributed by atoms with Gasteiger partial charge in [0.15, 0.2) is 0 Å². The number of carbonyl (C=O) groups is 2. The maximum atomic E-state index is 13.0. The molecule has 1 aromatic rings. The highest BCUT2D eigenvalue weighted by atomic mass is 19.4. The van der Waals surface area contributed by atoms with E-state index < -0.39 is 42.6 Å². The van der Waals surface area contributed by atoms with E-state index in [1.807, 2.05) is 4.90 Å². The number of hydrogen-bond acceptors (Lipinski definition) is 5. The van der Waals surface area contributed by atoms with Crippen molar-refractivity contribution in [3.05, 3.63) is 29.3 Å². The van der Waals surface area contributed by atoms with Gasteiger partial charge in [-0.15, -0.1) is 13.2 Å². The lowest BCUT2D eigenvalue weighted by Crippen LogP contribution is -2.48. The van der Waals surface area contributed by atoms with Crippen LogP contribution in [0.3, 0.4) is 0 Å². The minimum Gasteiger partial charge on any atom is -0.426 e. The van der Waals surface area contributed by atoms with E-state index in [0.717, 1.165) is 23.8 Å². The van der Waals surface area contributed by atoms with E-state index in [1.54, 1.807) is 0 Å². The van der Waals surface area contributed by atoms with Crippen molar-refractivity contribution < 1.29 is 58.6 Å². The zero-order valence-corrected chi connectivity index (χ0v) is 20.2. The van der Waals surface area contributed by atoms with E-state index in [2.05, 4.69) is 9.47 Å². The summed E-state index contributed by atoms with van der Waals surface area (Å²) >= 11 is 0. The molecule has 0 aromatic heterocycles. The lowest BCUT2D eigenvalue weighted by Gasteiger charge is -2.26. The van der Waals surface area contributed by atoms with Gasteiger partial charge in [0.25, 0.3) is 12.0 Å². The molecule has 3 saturated heterocycles. The van der Waals surface area contributed by atoms with Crippen molar-refractivity contribution in [2.45, 2.75) is 44.2 Å². The van der Waals surface area contributed by atoms with E-state index in [9.17, 15) is 49.1 Å². The first-order chi connectivity index (χ1) is 18.0. The van der Waals surface area contributed by atoms with Gasteiger partial charge >= 0.3 is 24.8 Å². The van der Waals surface area contributed by atoms with Crippen LogP contribution >= 0.6 is 0 Å². The minimum atomic E-state index is -5.82. The van der Waals surface area contributed by atoms with Gasteiger partial charge in [0.1, 0.15) is 5.75 Å². The van der Waals surface area contributed by atoms with Gasteiger partial charge in [-0.25, -0.2) is 4.79 Å². The van der Waals surface area contributed by atoms with Crippen LogP contribution in [0.25, 0.3) is 0 Å². The number of halogens is 9. The third kappa shape index (κ3) is 7.00. The zero-order chi connectivity index (χ0) is 28.8. The predicted molar refractivity (Wildman–Crippen MR) is 114 cm³/mol. The molecule has 3 heterocycles. The Labute approximate surface area is 216 Å². The molecule has 0 radical (unpaired) electrons. The second-order valence-corrected chi connectivity index (χ2v) is 9.84. The van der Waals surface area contributed by atoms with Crippen LogP contribution in [0.15, 0.2) is 18.2 Å². The molecule has 2 unspecified atom stereocenters. The number of alkyl halides is 9. The predicted octanol–water partition coefficient (Wildman–Crippen LogP) is 4.81. The van der Waals surface area contributed by atoms with Gasteiger partial charge in [0.05, 0.1) is 5.56 Å². The first-order valence-electron chi connectivity index (χ1n) is 12.0. The Bertz CT molecular complexity index is 1040. The smallest absolute Gasteiger partial charge is 0.426 e. The number of ether oxygens (including phenoxy) is 2. The van der Waals surface area contributed by atoms with E-state index in [-0.39, 0.29) is 37.0 Å². The molecule has 0 aliphatic carbocycles. The molecule has 218 valence electrons. The summed E-state index contributed by atoms with van der Waals surface area (Å²) in [5, 5.41) is 0. The lowest BCUT2D eigenvalue weighted by atomic mass is 10.0. The van der Waals surface area contributed by atoms with E-state index in [1.165, 1.54) is 17.0 Å². The molecule has 0 spiro atoms. The van der Waals surface area contributed by atoms with E-state index in [4.69, 9.17) is 0 Å². The van der Waals surface area contributed by atoms with Crippen molar-refractivity contribution in [2.75, 3.05) is 39.3 Å². The molecule has 2 amide bonds. The quantitative estimate of drug-likeness (QED) is 0.470. The minimum absolute atomic E-state index is 0.131. The Morgan fingerprint density at radius 2 is 1.41 bits per heavy atom. The number of carbonyl (C=O) groups excluding carboxylic acids is 2. The van der Waals surface area contributed by atoms with Gasteiger partial charge in [0.2, 0.25) is 0 Å². The maximum absolute atomic E-state index is 13.0. The Morgan fingerprint density at radius 3 is 1.92 bits per heavy atom. The topological polar surface area (TPSA) is 62.3 Å². The number of likely N-dealkylation sites (tertiary alicyclic amines) is 3. The number of hydrogen-bond donors (Lipinski definition) is 0. The molecular formula is C23H24F9N3O4. The van der Waals surface area contributed by atoms with Gasteiger partial charge in [-0.1, -0.05) is 6.07 Å². The normalized spacial score (nSPS) is 22.5. The molecule has 3 fully saturated rings. The number of nitrogens with zero attached hydrogens (tertiary/aromatic N) is 3. The number of amides is 2. The zero-order valence-electron chi connectivity index (χ0n) is 20.2. The van der Waals surface area contributed by atoms with Crippen LogP contribution in [0.1, 0.15) is 28.8 Å². The fraction of sp³-hybridized carbons (Fsp3) is 0.652. The van der Waals surface area contributed by atoms with Gasteiger partial charge in [0, 0.05) is 45.8 Å². The van der Waals surface area contributed by atoms with Gasteiger partial charge in [-0.3, -0.25) is 9.69 Å². The van der Waals surface area contributed by atoms with Crippen molar-refractivity contribution in [1.82, 2.24) is 14.7 Å². The van der Waals surface area contributed by atoms with Crippen LogP contribution < -0.4 is 4.74 Å². The van der Waals surface area contributed by atoms with Gasteiger partial charge in [-0.2, -0.15) is 26.3 Å². The second-order valence-electron chi connectivity index (χ2n) is 9.84. The van der Waals surface area contributed by atoms with Crippen LogP contribution in [0.4, 0.5) is 44.3 Å². The van der Waals surface area contributed by atoms with Crippen molar-refractivity contribution in [3.63, 3.8) is 0 Å². The van der Waals surface area contributed by atoms with Gasteiger partial charge in [-0.05, 0) is 42.4 Å².